The summed E-state index contributed by atoms with van der Waals surface area (Å²) in [7, 11) is -3.48. The van der Waals surface area contributed by atoms with Crippen LogP contribution in [0, 0.1) is 0 Å². The van der Waals surface area contributed by atoms with Gasteiger partial charge in [0.15, 0.2) is 9.84 Å². The summed E-state index contributed by atoms with van der Waals surface area (Å²) in [5.74, 6) is -1.12. The molecule has 1 aromatic carbocycles. The summed E-state index contributed by atoms with van der Waals surface area (Å²) in [5.41, 5.74) is 1.72. The Kier molecular flexibility index (Phi) is 3.96. The molecule has 0 amide bonds. The fraction of sp³-hybridized carbons (Fsp3) is 0.308. The zero-order valence-corrected chi connectivity index (χ0v) is 11.5. The van der Waals surface area contributed by atoms with Crippen LogP contribution in [-0.2, 0) is 16.3 Å². The lowest BCUT2D eigenvalue weighted by Crippen LogP contribution is -2.08. The van der Waals surface area contributed by atoms with E-state index >= 15 is 0 Å². The van der Waals surface area contributed by atoms with Crippen LogP contribution in [0.4, 0.5) is 0 Å². The van der Waals surface area contributed by atoms with E-state index in [1.54, 1.807) is 13.0 Å². The first kappa shape index (κ1) is 14.4. The van der Waals surface area contributed by atoms with Crippen molar-refractivity contribution >= 4 is 21.4 Å². The number of hydrogen-bond acceptors (Lipinski definition) is 3. The second-order valence-corrected chi connectivity index (χ2v) is 6.20. The number of benzene rings is 1. The van der Waals surface area contributed by atoms with Gasteiger partial charge >= 0.3 is 5.97 Å². The number of sulfone groups is 1. The molecule has 0 atom stereocenters. The molecule has 1 rings (SSSR count). The van der Waals surface area contributed by atoms with Crippen LogP contribution in [0.1, 0.15) is 35.3 Å². The molecule has 4 nitrogen and oxygen atoms in total. The summed E-state index contributed by atoms with van der Waals surface area (Å²) in [6, 6.07) is 2.82. The van der Waals surface area contributed by atoms with Crippen molar-refractivity contribution in [3.63, 3.8) is 0 Å². The maximum atomic E-state index is 11.7. The van der Waals surface area contributed by atoms with Gasteiger partial charge in [-0.1, -0.05) is 13.5 Å². The van der Waals surface area contributed by atoms with E-state index in [1.807, 2.05) is 6.92 Å². The molecule has 18 heavy (non-hydrogen) atoms. The molecule has 0 saturated carbocycles. The van der Waals surface area contributed by atoms with Gasteiger partial charge in [-0.3, -0.25) is 0 Å². The predicted molar refractivity (Wildman–Crippen MR) is 70.6 cm³/mol. The Morgan fingerprint density at radius 2 is 1.89 bits per heavy atom. The van der Waals surface area contributed by atoms with Crippen LogP contribution in [0.2, 0.25) is 0 Å². The zero-order valence-electron chi connectivity index (χ0n) is 10.6. The Morgan fingerprint density at radius 3 is 2.22 bits per heavy atom. The minimum Gasteiger partial charge on any atom is -0.478 e. The van der Waals surface area contributed by atoms with E-state index in [0.29, 0.717) is 23.1 Å². The SMILES string of the molecule is C=C(C)c1cc(CC)c(C(=O)O)cc1S(C)(=O)=O. The lowest BCUT2D eigenvalue weighted by atomic mass is 9.99. The lowest BCUT2D eigenvalue weighted by molar-refractivity contribution is 0.0695. The van der Waals surface area contributed by atoms with Crippen molar-refractivity contribution < 1.29 is 18.3 Å². The number of rotatable bonds is 4. The minimum absolute atomic E-state index is 0.0181. The smallest absolute Gasteiger partial charge is 0.336 e. The summed E-state index contributed by atoms with van der Waals surface area (Å²) >= 11 is 0. The Morgan fingerprint density at radius 1 is 1.33 bits per heavy atom. The quantitative estimate of drug-likeness (QED) is 0.910. The first-order valence-corrected chi connectivity index (χ1v) is 7.33. The number of hydrogen-bond donors (Lipinski definition) is 1. The largest absolute Gasteiger partial charge is 0.478 e. The van der Waals surface area contributed by atoms with E-state index < -0.39 is 15.8 Å². The first-order valence-electron chi connectivity index (χ1n) is 5.44. The van der Waals surface area contributed by atoms with E-state index in [4.69, 9.17) is 5.11 Å². The highest BCUT2D eigenvalue weighted by Crippen LogP contribution is 2.26. The fourth-order valence-corrected chi connectivity index (χ4v) is 2.72. The van der Waals surface area contributed by atoms with E-state index in [0.717, 1.165) is 6.26 Å². The van der Waals surface area contributed by atoms with Gasteiger partial charge < -0.3 is 5.11 Å². The summed E-state index contributed by atoms with van der Waals surface area (Å²) in [5, 5.41) is 9.10. The Balaban J connectivity index is 3.74. The first-order chi connectivity index (χ1) is 8.18. The zero-order chi connectivity index (χ0) is 14.1. The molecule has 0 aromatic heterocycles. The van der Waals surface area contributed by atoms with Crippen molar-refractivity contribution in [1.29, 1.82) is 0 Å². The van der Waals surface area contributed by atoms with Gasteiger partial charge in [-0.15, -0.1) is 0 Å². The van der Waals surface area contributed by atoms with Crippen molar-refractivity contribution in [2.24, 2.45) is 0 Å². The van der Waals surface area contributed by atoms with Crippen molar-refractivity contribution in [2.75, 3.05) is 6.26 Å². The van der Waals surface area contributed by atoms with Gasteiger partial charge in [-0.05, 0) is 42.2 Å². The van der Waals surface area contributed by atoms with Gasteiger partial charge in [0.2, 0.25) is 0 Å². The number of carbonyl (C=O) groups is 1. The van der Waals surface area contributed by atoms with Crippen LogP contribution >= 0.6 is 0 Å². The molecular formula is C13H16O4S. The third-order valence-corrected chi connectivity index (χ3v) is 3.81. The van der Waals surface area contributed by atoms with Gasteiger partial charge in [0.25, 0.3) is 0 Å². The van der Waals surface area contributed by atoms with E-state index in [2.05, 4.69) is 6.58 Å². The molecule has 0 bridgehead atoms. The highest BCUT2D eigenvalue weighted by Gasteiger charge is 2.19. The molecule has 0 fully saturated rings. The maximum Gasteiger partial charge on any atom is 0.336 e. The van der Waals surface area contributed by atoms with Gasteiger partial charge in [-0.2, -0.15) is 0 Å². The molecule has 0 heterocycles. The van der Waals surface area contributed by atoms with E-state index in [-0.39, 0.29) is 10.5 Å². The third-order valence-electron chi connectivity index (χ3n) is 2.68. The van der Waals surface area contributed by atoms with Crippen molar-refractivity contribution in [1.82, 2.24) is 0 Å². The molecular weight excluding hydrogens is 252 g/mol. The predicted octanol–water partition coefficient (Wildman–Crippen LogP) is 2.38. The molecule has 0 saturated heterocycles. The van der Waals surface area contributed by atoms with Gasteiger partial charge in [0, 0.05) is 6.26 Å². The summed E-state index contributed by atoms with van der Waals surface area (Å²) < 4.78 is 23.4. The van der Waals surface area contributed by atoms with Crippen LogP contribution in [0.25, 0.3) is 5.57 Å². The number of aryl methyl sites for hydroxylation is 1. The second kappa shape index (κ2) is 4.94. The van der Waals surface area contributed by atoms with Crippen LogP contribution in [0.15, 0.2) is 23.6 Å². The molecule has 1 N–H and O–H groups in total. The van der Waals surface area contributed by atoms with Crippen LogP contribution in [0.3, 0.4) is 0 Å². The number of carboxylic acid groups (broad SMARTS) is 1. The lowest BCUT2D eigenvalue weighted by Gasteiger charge is -2.12. The molecule has 0 aliphatic carbocycles. The molecule has 0 radical (unpaired) electrons. The topological polar surface area (TPSA) is 71.4 Å². The van der Waals surface area contributed by atoms with Crippen molar-refractivity contribution in [3.05, 3.63) is 35.4 Å². The fourth-order valence-electron chi connectivity index (χ4n) is 1.76. The monoisotopic (exact) mass is 268 g/mol. The molecule has 1 aromatic rings. The number of allylic oxidation sites excluding steroid dienone is 1. The van der Waals surface area contributed by atoms with Gasteiger partial charge in [0.05, 0.1) is 10.5 Å². The molecule has 0 aliphatic heterocycles. The average Bonchev–Trinajstić information content (AvgIpc) is 2.25. The summed E-state index contributed by atoms with van der Waals surface area (Å²) in [4.78, 5) is 11.1. The van der Waals surface area contributed by atoms with Crippen molar-refractivity contribution in [2.45, 2.75) is 25.2 Å². The standard InChI is InChI=1S/C13H16O4S/c1-5-9-6-10(8(2)3)12(18(4,16)17)7-11(9)13(14)15/h6-7H,2,5H2,1,3-4H3,(H,14,15). The summed E-state index contributed by atoms with van der Waals surface area (Å²) in [6.45, 7) is 7.26. The molecule has 0 aliphatic rings. The second-order valence-electron chi connectivity index (χ2n) is 4.22. The normalized spacial score (nSPS) is 11.3. The minimum atomic E-state index is -3.48. The highest BCUT2D eigenvalue weighted by molar-refractivity contribution is 7.90. The highest BCUT2D eigenvalue weighted by atomic mass is 32.2. The van der Waals surface area contributed by atoms with Gasteiger partial charge in [0.1, 0.15) is 0 Å². The molecule has 0 spiro atoms. The van der Waals surface area contributed by atoms with Crippen LogP contribution < -0.4 is 0 Å². The van der Waals surface area contributed by atoms with Crippen molar-refractivity contribution in [3.8, 4) is 0 Å². The number of carboxylic acids is 1. The number of aromatic carboxylic acids is 1. The molecule has 5 heteroatoms. The van der Waals surface area contributed by atoms with Crippen LogP contribution in [-0.4, -0.2) is 25.7 Å². The summed E-state index contributed by atoms with van der Waals surface area (Å²) in [6.07, 6.45) is 1.58. The third kappa shape index (κ3) is 2.79. The van der Waals surface area contributed by atoms with Gasteiger partial charge in [-0.25, -0.2) is 13.2 Å². The van der Waals surface area contributed by atoms with Crippen LogP contribution in [0.5, 0.6) is 0 Å². The van der Waals surface area contributed by atoms with E-state index in [1.165, 1.54) is 6.07 Å². The average molecular weight is 268 g/mol. The Bertz CT molecular complexity index is 612. The Hall–Kier alpha value is -1.62. The molecule has 98 valence electrons. The molecule has 0 unspecified atom stereocenters. The van der Waals surface area contributed by atoms with E-state index in [9.17, 15) is 13.2 Å². The Labute approximate surface area is 107 Å². The maximum absolute atomic E-state index is 11.7.